The number of fused-ring (bicyclic) bond motifs is 1. The third-order valence-electron chi connectivity index (χ3n) is 4.39. The Balaban J connectivity index is 2.14. The van der Waals surface area contributed by atoms with Crippen LogP contribution in [0.2, 0.25) is 0 Å². The number of aromatic carboxylic acids is 1. The van der Waals surface area contributed by atoms with Gasteiger partial charge in [-0.15, -0.1) is 0 Å². The highest BCUT2D eigenvalue weighted by molar-refractivity contribution is 7.90. The van der Waals surface area contributed by atoms with Crippen LogP contribution >= 0.6 is 0 Å². The minimum absolute atomic E-state index is 0.0836. The summed E-state index contributed by atoms with van der Waals surface area (Å²) in [5.74, 6) is -1.31. The largest absolute Gasteiger partial charge is 0.478 e. The molecule has 0 aliphatic heterocycles. The Morgan fingerprint density at radius 2 is 1.71 bits per heavy atom. The molecule has 0 saturated heterocycles. The maximum Gasteiger partial charge on any atom is 0.416 e. The number of rotatable bonds is 5. The lowest BCUT2D eigenvalue weighted by molar-refractivity contribution is -0.137. The van der Waals surface area contributed by atoms with E-state index in [0.717, 1.165) is 22.2 Å². The molecule has 5 nitrogen and oxygen atoms in total. The average molecular weight is 411 g/mol. The van der Waals surface area contributed by atoms with Crippen LogP contribution in [0.15, 0.2) is 48.5 Å². The van der Waals surface area contributed by atoms with E-state index in [-0.39, 0.29) is 28.6 Å². The Morgan fingerprint density at radius 1 is 1.07 bits per heavy atom. The van der Waals surface area contributed by atoms with Gasteiger partial charge < -0.3 is 5.11 Å². The van der Waals surface area contributed by atoms with Gasteiger partial charge >= 0.3 is 12.1 Å². The van der Waals surface area contributed by atoms with Crippen molar-refractivity contribution >= 4 is 26.9 Å². The van der Waals surface area contributed by atoms with Crippen molar-refractivity contribution in [2.45, 2.75) is 19.5 Å². The number of hydrogen-bond donors (Lipinski definition) is 1. The zero-order chi connectivity index (χ0) is 20.7. The van der Waals surface area contributed by atoms with Crippen molar-refractivity contribution in [3.8, 4) is 0 Å². The molecular weight excluding hydrogens is 395 g/mol. The molecule has 28 heavy (non-hydrogen) atoms. The zero-order valence-electron chi connectivity index (χ0n) is 14.7. The van der Waals surface area contributed by atoms with Crippen LogP contribution in [0.25, 0.3) is 10.9 Å². The minimum atomic E-state index is -4.53. The normalized spacial score (nSPS) is 12.4. The fourth-order valence-electron chi connectivity index (χ4n) is 2.98. The van der Waals surface area contributed by atoms with Crippen LogP contribution in [0.4, 0.5) is 13.2 Å². The van der Waals surface area contributed by atoms with E-state index in [1.165, 1.54) is 25.1 Å². The summed E-state index contributed by atoms with van der Waals surface area (Å²) in [6.45, 7) is 1.46. The van der Waals surface area contributed by atoms with Gasteiger partial charge in [0.2, 0.25) is 10.0 Å². The van der Waals surface area contributed by atoms with Crippen LogP contribution in [-0.4, -0.2) is 29.2 Å². The number of alkyl halides is 3. The molecule has 1 aromatic heterocycles. The Morgan fingerprint density at radius 3 is 2.25 bits per heavy atom. The predicted octanol–water partition coefficient (Wildman–Crippen LogP) is 4.15. The van der Waals surface area contributed by atoms with Gasteiger partial charge in [0.25, 0.3) is 0 Å². The van der Waals surface area contributed by atoms with Gasteiger partial charge in [-0.05, 0) is 48.9 Å². The first-order valence-electron chi connectivity index (χ1n) is 8.30. The fraction of sp³-hybridized carbons (Fsp3) is 0.211. The van der Waals surface area contributed by atoms with Crippen LogP contribution in [-0.2, 0) is 22.6 Å². The first-order valence-corrected chi connectivity index (χ1v) is 9.91. The molecule has 3 rings (SSSR count). The van der Waals surface area contributed by atoms with Crippen molar-refractivity contribution in [1.29, 1.82) is 0 Å². The topological polar surface area (TPSA) is 76.4 Å². The van der Waals surface area contributed by atoms with Crippen molar-refractivity contribution in [3.05, 3.63) is 70.9 Å². The number of carboxylic acids is 1. The lowest BCUT2D eigenvalue weighted by atomic mass is 10.1. The van der Waals surface area contributed by atoms with E-state index in [4.69, 9.17) is 5.11 Å². The third kappa shape index (κ3) is 3.75. The highest BCUT2D eigenvalue weighted by atomic mass is 32.2. The van der Waals surface area contributed by atoms with Gasteiger partial charge in [0.15, 0.2) is 0 Å². The standard InChI is InChI=1S/C19H16F3NO4S/c1-2-28(26,27)23-16(9-12-3-5-13(6-4-12)18(24)25)11-14-10-15(19(20,21)22)7-8-17(14)23/h3-8,10-11H,2,9H2,1H3,(H,24,25). The second-order valence-corrected chi connectivity index (χ2v) is 8.36. The third-order valence-corrected chi connectivity index (χ3v) is 6.10. The van der Waals surface area contributed by atoms with Crippen LogP contribution in [0.5, 0.6) is 0 Å². The van der Waals surface area contributed by atoms with Gasteiger partial charge in [0.1, 0.15) is 0 Å². The molecule has 1 N–H and O–H groups in total. The smallest absolute Gasteiger partial charge is 0.416 e. The van der Waals surface area contributed by atoms with Gasteiger partial charge in [-0.1, -0.05) is 12.1 Å². The molecule has 0 saturated carbocycles. The number of hydrogen-bond acceptors (Lipinski definition) is 3. The van der Waals surface area contributed by atoms with E-state index in [1.807, 2.05) is 0 Å². The summed E-state index contributed by atoms with van der Waals surface area (Å²) in [5, 5.41) is 9.13. The minimum Gasteiger partial charge on any atom is -0.478 e. The molecule has 9 heteroatoms. The second-order valence-electron chi connectivity index (χ2n) is 6.25. The van der Waals surface area contributed by atoms with Crippen molar-refractivity contribution in [1.82, 2.24) is 3.97 Å². The Labute approximate surface area is 159 Å². The van der Waals surface area contributed by atoms with E-state index >= 15 is 0 Å². The molecule has 0 bridgehead atoms. The number of carbonyl (C=O) groups is 1. The van der Waals surface area contributed by atoms with Gasteiger partial charge in [-0.2, -0.15) is 13.2 Å². The van der Waals surface area contributed by atoms with E-state index in [0.29, 0.717) is 11.3 Å². The van der Waals surface area contributed by atoms with Crippen molar-refractivity contribution < 1.29 is 31.5 Å². The molecule has 0 aliphatic carbocycles. The zero-order valence-corrected chi connectivity index (χ0v) is 15.5. The molecule has 0 fully saturated rings. The highest BCUT2D eigenvalue weighted by Gasteiger charge is 2.31. The van der Waals surface area contributed by atoms with Gasteiger partial charge in [0, 0.05) is 17.5 Å². The summed E-state index contributed by atoms with van der Waals surface area (Å²) >= 11 is 0. The van der Waals surface area contributed by atoms with Crippen LogP contribution in [0.1, 0.15) is 34.1 Å². The van der Waals surface area contributed by atoms with Crippen molar-refractivity contribution in [2.24, 2.45) is 0 Å². The Hall–Kier alpha value is -2.81. The van der Waals surface area contributed by atoms with Gasteiger partial charge in [-0.3, -0.25) is 0 Å². The Kier molecular flexibility index (Phi) is 4.97. The van der Waals surface area contributed by atoms with Gasteiger partial charge in [0.05, 0.1) is 22.4 Å². The first kappa shape index (κ1) is 19.9. The fourth-order valence-corrected chi connectivity index (χ4v) is 4.18. The summed E-state index contributed by atoms with van der Waals surface area (Å²) in [5.41, 5.74) is 0.339. The molecule has 0 radical (unpaired) electrons. The first-order chi connectivity index (χ1) is 13.0. The second kappa shape index (κ2) is 6.97. The molecule has 2 aromatic carbocycles. The summed E-state index contributed by atoms with van der Waals surface area (Å²) in [6, 6.07) is 10.2. The van der Waals surface area contributed by atoms with Crippen LogP contribution < -0.4 is 0 Å². The summed E-state index contributed by atoms with van der Waals surface area (Å²) in [6.07, 6.45) is -4.41. The van der Waals surface area contributed by atoms with Gasteiger partial charge in [-0.25, -0.2) is 17.2 Å². The van der Waals surface area contributed by atoms with E-state index in [1.54, 1.807) is 12.1 Å². The number of carboxylic acid groups (broad SMARTS) is 1. The monoisotopic (exact) mass is 411 g/mol. The van der Waals surface area contributed by atoms with Crippen molar-refractivity contribution in [2.75, 3.05) is 5.75 Å². The molecule has 0 amide bonds. The maximum absolute atomic E-state index is 13.0. The lowest BCUT2D eigenvalue weighted by Gasteiger charge is -2.11. The quantitative estimate of drug-likeness (QED) is 0.684. The van der Waals surface area contributed by atoms with Crippen molar-refractivity contribution in [3.63, 3.8) is 0 Å². The molecular formula is C19H16F3NO4S. The number of halogens is 3. The van der Waals surface area contributed by atoms with E-state index in [9.17, 15) is 26.4 Å². The summed E-state index contributed by atoms with van der Waals surface area (Å²) in [4.78, 5) is 11.0. The number of benzene rings is 2. The lowest BCUT2D eigenvalue weighted by Crippen LogP contribution is -2.17. The molecule has 1 heterocycles. The summed E-state index contributed by atoms with van der Waals surface area (Å²) in [7, 11) is -3.76. The van der Waals surface area contributed by atoms with Crippen LogP contribution in [0.3, 0.4) is 0 Å². The van der Waals surface area contributed by atoms with E-state index in [2.05, 4.69) is 0 Å². The Bertz CT molecular complexity index is 1150. The number of nitrogens with zero attached hydrogens (tertiary/aromatic N) is 1. The number of aromatic nitrogens is 1. The van der Waals surface area contributed by atoms with E-state index < -0.39 is 27.7 Å². The summed E-state index contributed by atoms with van der Waals surface area (Å²) < 4.78 is 65.2. The molecule has 0 aliphatic rings. The SMILES string of the molecule is CCS(=O)(=O)n1c(Cc2ccc(C(=O)O)cc2)cc2cc(C(F)(F)F)ccc21. The molecule has 0 spiro atoms. The maximum atomic E-state index is 13.0. The molecule has 0 atom stereocenters. The molecule has 148 valence electrons. The van der Waals surface area contributed by atoms with Crippen LogP contribution in [0, 0.1) is 0 Å². The molecule has 3 aromatic rings. The highest BCUT2D eigenvalue weighted by Crippen LogP contribution is 2.33. The average Bonchev–Trinajstić information content (AvgIpc) is 2.99. The molecule has 0 unspecified atom stereocenters. The predicted molar refractivity (Wildman–Crippen MR) is 98.0 cm³/mol.